The molecule has 1 atom stereocenters. The minimum absolute atomic E-state index is 0.0102. The summed E-state index contributed by atoms with van der Waals surface area (Å²) in [5.74, 6) is -2.17. The van der Waals surface area contributed by atoms with Crippen LogP contribution in [0.1, 0.15) is 22.8 Å². The Morgan fingerprint density at radius 1 is 1.17 bits per heavy atom. The molecule has 0 saturated heterocycles. The van der Waals surface area contributed by atoms with Crippen molar-refractivity contribution in [3.8, 4) is 0 Å². The number of nitrogen functional groups attached to an aromatic ring is 1. The van der Waals surface area contributed by atoms with Crippen LogP contribution in [0.3, 0.4) is 0 Å². The lowest BCUT2D eigenvalue weighted by Gasteiger charge is -2.22. The summed E-state index contributed by atoms with van der Waals surface area (Å²) in [6, 6.07) is 11.5. The van der Waals surface area contributed by atoms with E-state index in [4.69, 9.17) is 10.5 Å². The molecule has 0 aromatic heterocycles. The van der Waals surface area contributed by atoms with E-state index in [0.29, 0.717) is 11.3 Å². The summed E-state index contributed by atoms with van der Waals surface area (Å²) in [7, 11) is 1.57. The lowest BCUT2D eigenvalue weighted by atomic mass is 10.1. The van der Waals surface area contributed by atoms with Gasteiger partial charge in [-0.1, -0.05) is 24.3 Å². The van der Waals surface area contributed by atoms with E-state index in [1.54, 1.807) is 38.2 Å². The number of aryl methyl sites for hydroxylation is 1. The fraction of sp³-hybridized carbons (Fsp3) is 0.222. The molecule has 0 aliphatic carbocycles. The molecular formula is C18H19FN2O3. The smallest absolute Gasteiger partial charge is 0.344 e. The maximum Gasteiger partial charge on any atom is 0.344 e. The Bertz CT molecular complexity index is 762. The predicted octanol–water partition coefficient (Wildman–Crippen LogP) is 2.92. The van der Waals surface area contributed by atoms with Crippen molar-refractivity contribution in [1.82, 2.24) is 0 Å². The van der Waals surface area contributed by atoms with Gasteiger partial charge in [0.25, 0.3) is 5.91 Å². The third-order valence-corrected chi connectivity index (χ3v) is 3.72. The Morgan fingerprint density at radius 3 is 2.42 bits per heavy atom. The minimum atomic E-state index is -1.08. The number of anilines is 2. The Morgan fingerprint density at radius 2 is 1.79 bits per heavy atom. The quantitative estimate of drug-likeness (QED) is 0.691. The van der Waals surface area contributed by atoms with Crippen molar-refractivity contribution < 1.29 is 18.7 Å². The molecule has 2 aromatic carbocycles. The molecule has 1 amide bonds. The van der Waals surface area contributed by atoms with Crippen LogP contribution in [0.2, 0.25) is 0 Å². The van der Waals surface area contributed by atoms with Crippen LogP contribution in [-0.2, 0) is 9.53 Å². The number of ether oxygens (including phenoxy) is 1. The van der Waals surface area contributed by atoms with E-state index < -0.39 is 23.8 Å². The summed E-state index contributed by atoms with van der Waals surface area (Å²) in [4.78, 5) is 25.9. The zero-order valence-electron chi connectivity index (χ0n) is 13.7. The summed E-state index contributed by atoms with van der Waals surface area (Å²) in [5.41, 5.74) is 6.63. The number of para-hydroxylation sites is 1. The molecule has 24 heavy (non-hydrogen) atoms. The van der Waals surface area contributed by atoms with Crippen molar-refractivity contribution >= 4 is 23.3 Å². The summed E-state index contributed by atoms with van der Waals surface area (Å²) >= 11 is 0. The maximum atomic E-state index is 13.9. The molecule has 0 fully saturated rings. The van der Waals surface area contributed by atoms with Crippen LogP contribution < -0.4 is 10.6 Å². The number of carbonyl (C=O) groups excluding carboxylic acids is 2. The number of hydrogen-bond donors (Lipinski definition) is 1. The number of nitrogens with two attached hydrogens (primary N) is 1. The normalized spacial score (nSPS) is 11.7. The molecule has 2 aromatic rings. The summed E-state index contributed by atoms with van der Waals surface area (Å²) in [6.45, 7) is 3.09. The molecule has 5 nitrogen and oxygen atoms in total. The number of hydrogen-bond acceptors (Lipinski definition) is 4. The van der Waals surface area contributed by atoms with Gasteiger partial charge in [-0.3, -0.25) is 4.79 Å². The fourth-order valence-electron chi connectivity index (χ4n) is 2.23. The van der Waals surface area contributed by atoms with E-state index in [1.165, 1.54) is 17.9 Å². The van der Waals surface area contributed by atoms with Crippen LogP contribution in [0.5, 0.6) is 0 Å². The van der Waals surface area contributed by atoms with Gasteiger partial charge in [0.1, 0.15) is 11.4 Å². The SMILES string of the molecule is Cc1ccc(F)c(C(=O)O[C@H](C)C(=O)N(C)c2ccccc2)c1N. The van der Waals surface area contributed by atoms with Crippen LogP contribution in [-0.4, -0.2) is 25.0 Å². The fourth-order valence-corrected chi connectivity index (χ4v) is 2.23. The van der Waals surface area contributed by atoms with Crippen molar-refractivity contribution in [2.45, 2.75) is 20.0 Å². The van der Waals surface area contributed by atoms with Crippen molar-refractivity contribution in [2.75, 3.05) is 17.7 Å². The van der Waals surface area contributed by atoms with Gasteiger partial charge in [0.15, 0.2) is 6.10 Å². The molecule has 0 heterocycles. The molecule has 0 bridgehead atoms. The van der Waals surface area contributed by atoms with Gasteiger partial charge in [-0.25, -0.2) is 9.18 Å². The molecule has 0 spiro atoms. The van der Waals surface area contributed by atoms with E-state index in [-0.39, 0.29) is 11.3 Å². The van der Waals surface area contributed by atoms with Crippen LogP contribution in [0, 0.1) is 12.7 Å². The minimum Gasteiger partial charge on any atom is -0.449 e. The van der Waals surface area contributed by atoms with Gasteiger partial charge in [0.2, 0.25) is 0 Å². The molecule has 126 valence electrons. The zero-order chi connectivity index (χ0) is 17.9. The zero-order valence-corrected chi connectivity index (χ0v) is 13.7. The molecule has 2 N–H and O–H groups in total. The van der Waals surface area contributed by atoms with E-state index in [0.717, 1.165) is 6.07 Å². The molecule has 6 heteroatoms. The highest BCUT2D eigenvalue weighted by molar-refractivity contribution is 6.00. The second-order valence-corrected chi connectivity index (χ2v) is 5.43. The second kappa shape index (κ2) is 7.12. The lowest BCUT2D eigenvalue weighted by molar-refractivity contribution is -0.126. The number of halogens is 1. The Labute approximate surface area is 139 Å². The monoisotopic (exact) mass is 330 g/mol. The summed E-state index contributed by atoms with van der Waals surface area (Å²) in [5, 5.41) is 0. The van der Waals surface area contributed by atoms with Crippen LogP contribution in [0.4, 0.5) is 15.8 Å². The molecule has 0 unspecified atom stereocenters. The van der Waals surface area contributed by atoms with Gasteiger partial charge < -0.3 is 15.4 Å². The standard InChI is InChI=1S/C18H19FN2O3/c1-11-9-10-14(19)15(16(11)20)18(23)24-12(2)17(22)21(3)13-7-5-4-6-8-13/h4-10,12H,20H2,1-3H3/t12-/m1/s1. The Hall–Kier alpha value is -2.89. The van der Waals surface area contributed by atoms with Gasteiger partial charge in [-0.15, -0.1) is 0 Å². The Balaban J connectivity index is 2.15. The highest BCUT2D eigenvalue weighted by atomic mass is 19.1. The number of amides is 1. The topological polar surface area (TPSA) is 72.6 Å². The van der Waals surface area contributed by atoms with Crippen LogP contribution in [0.15, 0.2) is 42.5 Å². The van der Waals surface area contributed by atoms with Gasteiger partial charge in [0.05, 0.1) is 5.69 Å². The molecule has 0 aliphatic rings. The van der Waals surface area contributed by atoms with Crippen molar-refractivity contribution in [3.05, 3.63) is 59.4 Å². The number of rotatable bonds is 4. The van der Waals surface area contributed by atoms with Gasteiger partial charge in [0, 0.05) is 12.7 Å². The van der Waals surface area contributed by atoms with E-state index in [1.807, 2.05) is 6.07 Å². The first-order valence-electron chi connectivity index (χ1n) is 7.41. The van der Waals surface area contributed by atoms with Gasteiger partial charge in [-0.05, 0) is 37.6 Å². The summed E-state index contributed by atoms with van der Waals surface area (Å²) in [6.07, 6.45) is -1.08. The lowest BCUT2D eigenvalue weighted by Crippen LogP contribution is -2.37. The first-order chi connectivity index (χ1) is 11.3. The Kier molecular flexibility index (Phi) is 5.18. The van der Waals surface area contributed by atoms with Crippen molar-refractivity contribution in [1.29, 1.82) is 0 Å². The largest absolute Gasteiger partial charge is 0.449 e. The van der Waals surface area contributed by atoms with Gasteiger partial charge >= 0.3 is 5.97 Å². The molecule has 2 rings (SSSR count). The van der Waals surface area contributed by atoms with E-state index in [9.17, 15) is 14.0 Å². The highest BCUT2D eigenvalue weighted by Gasteiger charge is 2.26. The molecule has 0 radical (unpaired) electrons. The summed E-state index contributed by atoms with van der Waals surface area (Å²) < 4.78 is 19.0. The molecule has 0 saturated carbocycles. The number of esters is 1. The number of carbonyl (C=O) groups is 2. The molecule has 0 aliphatic heterocycles. The van der Waals surface area contributed by atoms with E-state index in [2.05, 4.69) is 0 Å². The second-order valence-electron chi connectivity index (χ2n) is 5.43. The average Bonchev–Trinajstić information content (AvgIpc) is 2.58. The first kappa shape index (κ1) is 17.5. The first-order valence-corrected chi connectivity index (χ1v) is 7.41. The third kappa shape index (κ3) is 3.53. The third-order valence-electron chi connectivity index (χ3n) is 3.72. The number of likely N-dealkylation sites (N-methyl/N-ethyl adjacent to an activating group) is 1. The van der Waals surface area contributed by atoms with Crippen LogP contribution >= 0.6 is 0 Å². The average molecular weight is 330 g/mol. The van der Waals surface area contributed by atoms with E-state index >= 15 is 0 Å². The van der Waals surface area contributed by atoms with Crippen molar-refractivity contribution in [3.63, 3.8) is 0 Å². The van der Waals surface area contributed by atoms with Crippen molar-refractivity contribution in [2.24, 2.45) is 0 Å². The molecular weight excluding hydrogens is 311 g/mol. The maximum absolute atomic E-state index is 13.9. The highest BCUT2D eigenvalue weighted by Crippen LogP contribution is 2.22. The van der Waals surface area contributed by atoms with Crippen LogP contribution in [0.25, 0.3) is 0 Å². The van der Waals surface area contributed by atoms with Gasteiger partial charge in [-0.2, -0.15) is 0 Å². The number of benzene rings is 2. The number of nitrogens with zero attached hydrogens (tertiary/aromatic N) is 1. The predicted molar refractivity (Wildman–Crippen MR) is 90.3 cm³/mol.